The van der Waals surface area contributed by atoms with Crippen molar-refractivity contribution in [2.75, 3.05) is 0 Å². The molecule has 0 atom stereocenters. The van der Waals surface area contributed by atoms with E-state index in [2.05, 4.69) is 37.7 Å². The predicted molar refractivity (Wildman–Crippen MR) is 394 cm³/mol. The van der Waals surface area contributed by atoms with Gasteiger partial charge in [-0.3, -0.25) is 13.7 Å². The highest BCUT2D eigenvalue weighted by atomic mass is 28.3. The molecule has 0 amide bonds. The van der Waals surface area contributed by atoms with Crippen molar-refractivity contribution in [2.45, 2.75) is 66.1 Å². The largest absolute Gasteiger partial charge is 0.458 e. The fourth-order valence-electron chi connectivity index (χ4n) is 13.3. The Morgan fingerprint density at radius 1 is 0.468 bits per heavy atom. The van der Waals surface area contributed by atoms with Crippen molar-refractivity contribution in [2.24, 2.45) is 0 Å². The van der Waals surface area contributed by atoms with Crippen molar-refractivity contribution in [1.82, 2.24) is 14.1 Å². The van der Waals surface area contributed by atoms with E-state index in [1.807, 2.05) is 116 Å². The van der Waals surface area contributed by atoms with Crippen molar-refractivity contribution >= 4 is 61.7 Å². The summed E-state index contributed by atoms with van der Waals surface area (Å²) in [5, 5.41) is -2.06. The van der Waals surface area contributed by atoms with Crippen LogP contribution in [0.3, 0.4) is 0 Å². The second-order valence-corrected chi connectivity index (χ2v) is 28.9. The molecule has 0 spiro atoms. The summed E-state index contributed by atoms with van der Waals surface area (Å²) in [6.45, 7) is 6.60. The summed E-state index contributed by atoms with van der Waals surface area (Å²) >= 11 is 0. The molecule has 0 unspecified atom stereocenters. The summed E-state index contributed by atoms with van der Waals surface area (Å²) in [6, 6.07) is 30.0. The molecule has 94 heavy (non-hydrogen) atoms. The lowest BCUT2D eigenvalue weighted by molar-refractivity contribution is -0.572. The Hall–Kier alpha value is -10.9. The van der Waals surface area contributed by atoms with Crippen molar-refractivity contribution in [3.05, 3.63) is 319 Å². The molecule has 0 saturated carbocycles. The number of nitrogens with zero attached hydrogens (tertiary/aromatic N) is 4. The molecule has 0 radical (unpaired) electrons. The second kappa shape index (κ2) is 22.7. The van der Waals surface area contributed by atoms with E-state index in [1.165, 1.54) is 18.2 Å². The third-order valence-electron chi connectivity index (χ3n) is 17.7. The third kappa shape index (κ3) is 9.74. The van der Waals surface area contributed by atoms with Crippen LogP contribution >= 0.6 is 0 Å². The molecule has 0 fully saturated rings. The highest BCUT2D eigenvalue weighted by Crippen LogP contribution is 2.48. The van der Waals surface area contributed by atoms with Crippen LogP contribution in [-0.4, -0.2) is 22.2 Å². The van der Waals surface area contributed by atoms with Gasteiger partial charge in [0.25, 0.3) is 6.33 Å². The number of fused-ring (bicyclic) bond motifs is 10. The highest BCUT2D eigenvalue weighted by Gasteiger charge is 2.42. The third-order valence-corrected chi connectivity index (χ3v) is 21.7. The zero-order valence-corrected chi connectivity index (χ0v) is 52.9. The molecule has 16 rings (SSSR count). The molecule has 1 aliphatic heterocycles. The van der Waals surface area contributed by atoms with E-state index in [0.29, 0.717) is 73.2 Å². The lowest BCUT2D eigenvalue weighted by Crippen LogP contribution is -2.74. The smallest absolute Gasteiger partial charge is 0.269 e. The van der Waals surface area contributed by atoms with Crippen LogP contribution in [0.15, 0.2) is 291 Å². The minimum Gasteiger partial charge on any atom is -0.458 e. The minimum atomic E-state index is -6.36. The molecule has 5 nitrogen and oxygen atoms in total. The van der Waals surface area contributed by atoms with Crippen LogP contribution in [0.5, 0.6) is 11.5 Å². The first-order chi connectivity index (χ1) is 56.0. The van der Waals surface area contributed by atoms with Crippen LogP contribution in [0.25, 0.3) is 106 Å². The van der Waals surface area contributed by atoms with Gasteiger partial charge in [-0.2, -0.15) is 0 Å². The van der Waals surface area contributed by atoms with Crippen molar-refractivity contribution in [3.63, 3.8) is 0 Å². The van der Waals surface area contributed by atoms with E-state index < -0.39 is 168 Å². The number of hydrogen-bond acceptors (Lipinski definition) is 2. The topological polar surface area (TPSA) is 35.9 Å². The quantitative estimate of drug-likeness (QED) is 0.0592. The van der Waals surface area contributed by atoms with Crippen molar-refractivity contribution < 1.29 is 43.6 Å². The summed E-state index contributed by atoms with van der Waals surface area (Å²) in [7, 11) is -6.36. The lowest BCUT2D eigenvalue weighted by atomic mass is 9.79. The Balaban J connectivity index is 1.07. The van der Waals surface area contributed by atoms with Crippen LogP contribution in [-0.2, 0) is 10.8 Å². The Morgan fingerprint density at radius 2 is 1.05 bits per heavy atom. The molecule has 0 N–H and O–H groups in total. The molecular weight excluding hydrogens is 1160 g/mol. The molecule has 0 bridgehead atoms. The van der Waals surface area contributed by atoms with E-state index in [4.69, 9.17) is 22.1 Å². The van der Waals surface area contributed by atoms with E-state index in [0.717, 1.165) is 27.4 Å². The number of benzene rings is 12. The van der Waals surface area contributed by atoms with Crippen molar-refractivity contribution in [1.29, 1.82) is 0 Å². The molecule has 0 saturated heterocycles. The predicted octanol–water partition coefficient (Wildman–Crippen LogP) is 19.2. The van der Waals surface area contributed by atoms with Gasteiger partial charge in [-0.1, -0.05) is 259 Å². The monoisotopic (exact) mass is 1250 g/mol. The van der Waals surface area contributed by atoms with Crippen LogP contribution in [0.2, 0.25) is 0 Å². The maximum absolute atomic E-state index is 11.1. The normalized spacial score (nSPS) is 16.3. The lowest BCUT2D eigenvalue weighted by Gasteiger charge is -2.34. The number of pyridine rings is 1. The fraction of sp³-hybridized carbons (Fsp3) is 0.114. The molecule has 454 valence electrons. The molecule has 15 aromatic rings. The zero-order valence-electron chi connectivity index (χ0n) is 76.9. The van der Waals surface area contributed by atoms with Gasteiger partial charge in [0.05, 0.1) is 59.5 Å². The molecule has 3 aromatic heterocycles. The van der Waals surface area contributed by atoms with E-state index >= 15 is 0 Å². The van der Waals surface area contributed by atoms with Gasteiger partial charge in [-0.15, -0.1) is 0 Å². The van der Waals surface area contributed by atoms with Gasteiger partial charge < -0.3 is 4.74 Å². The van der Waals surface area contributed by atoms with Gasteiger partial charge in [0, 0.05) is 31.3 Å². The summed E-state index contributed by atoms with van der Waals surface area (Å²) in [5.74, 6) is 1.41. The van der Waals surface area contributed by atoms with Gasteiger partial charge in [0.1, 0.15) is 17.3 Å². The molecule has 6 heteroatoms. The Bertz CT molecular complexity index is 6620. The number of aromatic nitrogens is 4. The SMILES string of the molecule is [2H]c1c([2H])c([2H])c([Si](c2c([2H])c([2H])c([2H])c([2H])c2[2H])(c2c([2H])c([2H])c([2H])c([2H])c2[2H])c2c([2H])c([2H])c([2H])c(-c3cc4c5c(c3)n(-c3cccc(Oc6ccc7c8ccccc8n(-c8cc(C(C)(C)C)ccn8)c7c6)c3)[c-][n+]5-c3c(cc(-c5c(C([2H])([2H])[2H])cccc5C([2H])([2H])[2H])cc3C(C)(C)C)-c3ccccc3-c3ccccc3-4)c2[2H])c([2H])c1[2H]. The van der Waals surface area contributed by atoms with Gasteiger partial charge in [-0.25, -0.2) is 4.98 Å². The minimum absolute atomic E-state index is 0.0230. The standard InChI is InChI=1S/C88H72N4OSi/c1-58-27-24-28-59(2)84(58)62-51-77-73-41-20-18-39-71(73)72-40-19-21-42-74(72)78-50-61(60-29-25-38-70(49-60)94(67-32-12-9-13-33-67,68-34-14-10-15-35-68)69-36-16-11-17-37-69)53-82-86(78)91(85(77)79(52-62)88(6,7)8)57-90(82)64-30-26-31-65(55-64)93-66-45-46-76-75-43-22-23-44-80(75)92(81(76)56-66)83-54-63(47-48-89-83)87(3,4)5/h9-56H,1-8H3/i1D3,2D3,9D,10D,11D,12D,13D,14D,15D,16D,17D,25D,29D,32D,33D,34D,35D,36D,37D,38D,49D. The summed E-state index contributed by atoms with van der Waals surface area (Å²) in [6.07, 6.45) is 5.54. The molecule has 0 aliphatic carbocycles. The molecule has 4 heterocycles. The summed E-state index contributed by atoms with van der Waals surface area (Å²) in [5.41, 5.74) is 5.69. The maximum Gasteiger partial charge on any atom is 0.269 e. The van der Waals surface area contributed by atoms with Gasteiger partial charge in [0.15, 0.2) is 8.07 Å². The fourth-order valence-corrected chi connectivity index (χ4v) is 16.9. The summed E-state index contributed by atoms with van der Waals surface area (Å²) < 4.78 is 250. The van der Waals surface area contributed by atoms with Gasteiger partial charge in [-0.05, 0) is 184 Å². The maximum atomic E-state index is 11.1. The second-order valence-electron chi connectivity index (χ2n) is 25.4. The zero-order chi connectivity index (χ0) is 85.6. The first-order valence-electron chi connectivity index (χ1n) is 43.2. The Labute approximate surface area is 587 Å². The number of aryl methyl sites for hydroxylation is 2. The highest BCUT2D eigenvalue weighted by molar-refractivity contribution is 7.20. The first-order valence-corrected chi connectivity index (χ1v) is 32.7. The average molecular weight is 1250 g/mol. The number of para-hydroxylation sites is 1. The van der Waals surface area contributed by atoms with E-state index in [9.17, 15) is 21.9 Å². The van der Waals surface area contributed by atoms with Crippen LogP contribution in [0.1, 0.15) is 98.1 Å². The van der Waals surface area contributed by atoms with Gasteiger partial charge >= 0.3 is 0 Å². The van der Waals surface area contributed by atoms with Crippen molar-refractivity contribution in [3.8, 4) is 84.3 Å². The number of ether oxygens (including phenoxy) is 1. The van der Waals surface area contributed by atoms with E-state index in [-0.39, 0.29) is 38.7 Å². The van der Waals surface area contributed by atoms with Crippen LogP contribution in [0.4, 0.5) is 0 Å². The Morgan fingerprint density at radius 3 is 1.70 bits per heavy atom. The molecule has 12 aromatic carbocycles. The molecular formula is C88H72N4OSi. The molecule has 1 aliphatic rings. The van der Waals surface area contributed by atoms with Gasteiger partial charge in [0.2, 0.25) is 0 Å². The first kappa shape index (κ1) is 36.9. The number of hydrogen-bond donors (Lipinski definition) is 0. The number of rotatable bonds is 10. The number of imidazole rings is 1. The summed E-state index contributed by atoms with van der Waals surface area (Å²) in [4.78, 5) is 4.89. The average Bonchev–Trinajstić information content (AvgIpc) is 1.29. The van der Waals surface area contributed by atoms with Crippen LogP contribution in [0, 0.1) is 20.0 Å². The van der Waals surface area contributed by atoms with Crippen LogP contribution < -0.4 is 30.1 Å². The van der Waals surface area contributed by atoms with E-state index in [1.54, 1.807) is 65.4 Å². The Kier molecular flexibility index (Phi) is 8.93.